The number of amides is 2. The molecule has 6 nitrogen and oxygen atoms in total. The average molecular weight is 316 g/mol. The van der Waals surface area contributed by atoms with Crippen molar-refractivity contribution < 1.29 is 14.0 Å². The molecule has 1 atom stereocenters. The van der Waals surface area contributed by atoms with E-state index >= 15 is 0 Å². The third-order valence-electron chi connectivity index (χ3n) is 3.95. The Bertz CT molecular complexity index is 771. The van der Waals surface area contributed by atoms with E-state index < -0.39 is 17.8 Å². The van der Waals surface area contributed by atoms with E-state index in [9.17, 15) is 14.0 Å². The number of nitrogens with one attached hydrogen (secondary N) is 1. The Hall–Kier alpha value is -2.70. The minimum Gasteiger partial charge on any atom is -0.340 e. The van der Waals surface area contributed by atoms with Gasteiger partial charge in [0.15, 0.2) is 0 Å². The lowest BCUT2D eigenvalue weighted by Crippen LogP contribution is -2.41. The molecule has 1 aliphatic rings. The zero-order valence-corrected chi connectivity index (χ0v) is 12.9. The summed E-state index contributed by atoms with van der Waals surface area (Å²) < 4.78 is 15.2. The van der Waals surface area contributed by atoms with Gasteiger partial charge in [0.1, 0.15) is 11.9 Å². The molecule has 3 rings (SSSR count). The van der Waals surface area contributed by atoms with Crippen LogP contribution in [-0.4, -0.2) is 34.2 Å². The zero-order valence-electron chi connectivity index (χ0n) is 12.9. The highest BCUT2D eigenvalue weighted by Gasteiger charge is 2.34. The van der Waals surface area contributed by atoms with Crippen molar-refractivity contribution in [1.29, 1.82) is 0 Å². The second-order valence-corrected chi connectivity index (χ2v) is 5.64. The Balaban J connectivity index is 1.70. The Morgan fingerprint density at radius 3 is 2.87 bits per heavy atom. The van der Waals surface area contributed by atoms with Gasteiger partial charge < -0.3 is 10.2 Å². The van der Waals surface area contributed by atoms with E-state index in [4.69, 9.17) is 0 Å². The van der Waals surface area contributed by atoms with Crippen molar-refractivity contribution in [3.63, 3.8) is 0 Å². The smallest absolute Gasteiger partial charge is 0.252 e. The van der Waals surface area contributed by atoms with Gasteiger partial charge in [-0.05, 0) is 31.0 Å². The number of aryl methyl sites for hydroxylation is 2. The van der Waals surface area contributed by atoms with Crippen molar-refractivity contribution in [2.24, 2.45) is 7.05 Å². The Morgan fingerprint density at radius 1 is 1.43 bits per heavy atom. The van der Waals surface area contributed by atoms with Gasteiger partial charge in [0, 0.05) is 25.4 Å². The molecule has 1 aromatic heterocycles. The first-order valence-corrected chi connectivity index (χ1v) is 7.33. The molecule has 120 valence electrons. The summed E-state index contributed by atoms with van der Waals surface area (Å²) in [6, 6.07) is 3.67. The first-order valence-electron chi connectivity index (χ1n) is 7.33. The number of halogens is 1. The highest BCUT2D eigenvalue weighted by atomic mass is 19.1. The summed E-state index contributed by atoms with van der Waals surface area (Å²) >= 11 is 0. The van der Waals surface area contributed by atoms with Crippen LogP contribution in [0.3, 0.4) is 0 Å². The molecule has 0 unspecified atom stereocenters. The Morgan fingerprint density at radius 2 is 2.22 bits per heavy atom. The van der Waals surface area contributed by atoms with Crippen LogP contribution in [-0.2, 0) is 11.8 Å². The van der Waals surface area contributed by atoms with Gasteiger partial charge in [-0.15, -0.1) is 0 Å². The topological polar surface area (TPSA) is 67.2 Å². The van der Waals surface area contributed by atoms with Crippen molar-refractivity contribution >= 4 is 17.5 Å². The molecule has 0 aliphatic carbocycles. The van der Waals surface area contributed by atoms with Gasteiger partial charge in [-0.1, -0.05) is 6.07 Å². The van der Waals surface area contributed by atoms with Crippen LogP contribution in [0.5, 0.6) is 0 Å². The number of carbonyl (C=O) groups excluding carboxylic acids is 2. The molecule has 2 heterocycles. The van der Waals surface area contributed by atoms with Gasteiger partial charge in [0.25, 0.3) is 5.91 Å². The number of rotatable bonds is 3. The first kappa shape index (κ1) is 15.2. The number of hydrogen-bond acceptors (Lipinski definition) is 3. The van der Waals surface area contributed by atoms with Crippen molar-refractivity contribution in [3.05, 3.63) is 47.5 Å². The third kappa shape index (κ3) is 2.94. The standard InChI is InChI=1S/C16H17FN4O2/c1-10-3-4-11(7-13(10)17)15(22)19-14-5-6-21(16(14)23)12-8-18-20(2)9-12/h3-4,7-9,14H,5-6H2,1-2H3,(H,19,22)/t14-/m0/s1. The molecule has 2 aromatic rings. The van der Waals surface area contributed by atoms with Crippen molar-refractivity contribution in [1.82, 2.24) is 15.1 Å². The van der Waals surface area contributed by atoms with Crippen LogP contribution in [0, 0.1) is 12.7 Å². The van der Waals surface area contributed by atoms with Gasteiger partial charge in [-0.25, -0.2) is 4.39 Å². The van der Waals surface area contributed by atoms with Crippen LogP contribution in [0.2, 0.25) is 0 Å². The summed E-state index contributed by atoms with van der Waals surface area (Å²) in [5, 5.41) is 6.72. The fraction of sp³-hybridized carbons (Fsp3) is 0.312. The van der Waals surface area contributed by atoms with E-state index in [1.165, 1.54) is 6.07 Å². The summed E-state index contributed by atoms with van der Waals surface area (Å²) in [5.74, 6) is -1.07. The fourth-order valence-electron chi connectivity index (χ4n) is 2.59. The SMILES string of the molecule is Cc1ccc(C(=O)N[C@H]2CCN(c3cnn(C)c3)C2=O)cc1F. The number of hydrogen-bond donors (Lipinski definition) is 1. The number of benzene rings is 1. The lowest BCUT2D eigenvalue weighted by Gasteiger charge is -2.15. The monoisotopic (exact) mass is 316 g/mol. The molecule has 1 aliphatic heterocycles. The highest BCUT2D eigenvalue weighted by Crippen LogP contribution is 2.21. The van der Waals surface area contributed by atoms with Crippen molar-refractivity contribution in [3.8, 4) is 0 Å². The third-order valence-corrected chi connectivity index (χ3v) is 3.95. The van der Waals surface area contributed by atoms with Gasteiger partial charge in [-0.3, -0.25) is 14.3 Å². The highest BCUT2D eigenvalue weighted by molar-refractivity contribution is 6.03. The average Bonchev–Trinajstić information content (AvgIpc) is 3.09. The Kier molecular flexibility index (Phi) is 3.85. The lowest BCUT2D eigenvalue weighted by molar-refractivity contribution is -0.118. The minimum atomic E-state index is -0.605. The molecular formula is C16H17FN4O2. The van der Waals surface area contributed by atoms with Gasteiger partial charge >= 0.3 is 0 Å². The molecule has 2 amide bonds. The first-order chi connectivity index (χ1) is 11.0. The zero-order chi connectivity index (χ0) is 16.6. The van der Waals surface area contributed by atoms with Gasteiger partial charge in [0.2, 0.25) is 5.91 Å². The second kappa shape index (κ2) is 5.83. The summed E-state index contributed by atoms with van der Waals surface area (Å²) in [5.41, 5.74) is 1.39. The normalized spacial score (nSPS) is 17.6. The molecule has 0 spiro atoms. The van der Waals surface area contributed by atoms with Gasteiger partial charge in [0.05, 0.1) is 11.9 Å². The van der Waals surface area contributed by atoms with E-state index in [2.05, 4.69) is 10.4 Å². The summed E-state index contributed by atoms with van der Waals surface area (Å²) in [4.78, 5) is 26.2. The van der Waals surface area contributed by atoms with E-state index in [1.807, 2.05) is 0 Å². The molecular weight excluding hydrogens is 299 g/mol. The molecule has 0 bridgehead atoms. The van der Waals surface area contributed by atoms with Crippen molar-refractivity contribution in [2.45, 2.75) is 19.4 Å². The summed E-state index contributed by atoms with van der Waals surface area (Å²) in [6.07, 6.45) is 3.86. The maximum atomic E-state index is 13.6. The molecule has 23 heavy (non-hydrogen) atoms. The predicted octanol–water partition coefficient (Wildman–Crippen LogP) is 1.40. The number of carbonyl (C=O) groups is 2. The number of aromatic nitrogens is 2. The minimum absolute atomic E-state index is 0.182. The molecule has 1 fully saturated rings. The fourth-order valence-corrected chi connectivity index (χ4v) is 2.59. The van der Waals surface area contributed by atoms with Crippen LogP contribution in [0.25, 0.3) is 0 Å². The molecule has 1 N–H and O–H groups in total. The molecule has 1 aromatic carbocycles. The number of anilines is 1. The van der Waals surface area contributed by atoms with Crippen LogP contribution in [0.1, 0.15) is 22.3 Å². The maximum absolute atomic E-state index is 13.6. The van der Waals surface area contributed by atoms with Crippen molar-refractivity contribution in [2.75, 3.05) is 11.4 Å². The van der Waals surface area contributed by atoms with Crippen LogP contribution in [0.15, 0.2) is 30.6 Å². The van der Waals surface area contributed by atoms with E-state index in [-0.39, 0.29) is 11.5 Å². The van der Waals surface area contributed by atoms with Crippen LogP contribution < -0.4 is 10.2 Å². The molecule has 0 saturated carbocycles. The van der Waals surface area contributed by atoms with E-state index in [0.29, 0.717) is 24.2 Å². The molecule has 0 radical (unpaired) electrons. The van der Waals surface area contributed by atoms with E-state index in [0.717, 1.165) is 0 Å². The van der Waals surface area contributed by atoms with E-state index in [1.54, 1.807) is 48.1 Å². The Labute approximate surface area is 132 Å². The van der Waals surface area contributed by atoms with Gasteiger partial charge in [-0.2, -0.15) is 5.10 Å². The van der Waals surface area contributed by atoms with Crippen LogP contribution in [0.4, 0.5) is 10.1 Å². The van der Waals surface area contributed by atoms with Crippen LogP contribution >= 0.6 is 0 Å². The second-order valence-electron chi connectivity index (χ2n) is 5.64. The number of nitrogens with zero attached hydrogens (tertiary/aromatic N) is 3. The molecule has 1 saturated heterocycles. The largest absolute Gasteiger partial charge is 0.340 e. The quantitative estimate of drug-likeness (QED) is 0.931. The lowest BCUT2D eigenvalue weighted by atomic mass is 10.1. The predicted molar refractivity (Wildman–Crippen MR) is 82.6 cm³/mol. The summed E-state index contributed by atoms with van der Waals surface area (Å²) in [6.45, 7) is 2.14. The maximum Gasteiger partial charge on any atom is 0.252 e. The summed E-state index contributed by atoms with van der Waals surface area (Å²) in [7, 11) is 1.77. The molecule has 7 heteroatoms.